The summed E-state index contributed by atoms with van der Waals surface area (Å²) in [6.45, 7) is 2.90. The molecule has 0 atom stereocenters. The highest BCUT2D eigenvalue weighted by Gasteiger charge is 2.25. The van der Waals surface area contributed by atoms with Crippen molar-refractivity contribution in [3.05, 3.63) is 22.9 Å². The molecule has 23 heavy (non-hydrogen) atoms. The molecule has 2 aliphatic rings. The Hall–Kier alpha value is -1.93. The van der Waals surface area contributed by atoms with Crippen LogP contribution in [0.1, 0.15) is 18.5 Å². The van der Waals surface area contributed by atoms with Crippen LogP contribution in [0.3, 0.4) is 0 Å². The highest BCUT2D eigenvalue weighted by Crippen LogP contribution is 2.26. The Morgan fingerprint density at radius 3 is 2.87 bits per heavy atom. The molecule has 2 fully saturated rings. The van der Waals surface area contributed by atoms with Crippen LogP contribution in [-0.2, 0) is 4.79 Å². The predicted molar refractivity (Wildman–Crippen MR) is 90.0 cm³/mol. The van der Waals surface area contributed by atoms with E-state index in [4.69, 9.17) is 0 Å². The molecule has 0 unspecified atom stereocenters. The summed E-state index contributed by atoms with van der Waals surface area (Å²) in [4.78, 5) is 34.2. The summed E-state index contributed by atoms with van der Waals surface area (Å²) in [7, 11) is 1.98. The van der Waals surface area contributed by atoms with Crippen molar-refractivity contribution in [1.82, 2.24) is 20.6 Å². The van der Waals surface area contributed by atoms with Gasteiger partial charge in [-0.3, -0.25) is 14.9 Å². The summed E-state index contributed by atoms with van der Waals surface area (Å²) in [5.41, 5.74) is 0.639. The summed E-state index contributed by atoms with van der Waals surface area (Å²) in [5.74, 6) is 1.01. The normalized spacial score (nSPS) is 21.1. The van der Waals surface area contributed by atoms with Gasteiger partial charge in [-0.2, -0.15) is 0 Å². The van der Waals surface area contributed by atoms with Gasteiger partial charge < -0.3 is 10.2 Å². The number of thioether (sulfide) groups is 1. The molecule has 0 radical (unpaired) electrons. The number of nitrogens with one attached hydrogen (secondary N) is 2. The smallest absolute Gasteiger partial charge is 0.290 e. The first-order valence-electron chi connectivity index (χ1n) is 7.63. The maximum atomic E-state index is 11.6. The largest absolute Gasteiger partial charge is 0.341 e. The van der Waals surface area contributed by atoms with Crippen molar-refractivity contribution in [3.8, 4) is 0 Å². The molecular weight excluding hydrogens is 314 g/mol. The van der Waals surface area contributed by atoms with E-state index >= 15 is 0 Å². The van der Waals surface area contributed by atoms with Gasteiger partial charge in [0.05, 0.1) is 10.6 Å². The molecule has 2 saturated heterocycles. The molecule has 3 heterocycles. The van der Waals surface area contributed by atoms with E-state index in [0.717, 1.165) is 44.2 Å². The van der Waals surface area contributed by atoms with Gasteiger partial charge in [0.25, 0.3) is 11.1 Å². The summed E-state index contributed by atoms with van der Waals surface area (Å²) in [6, 6.07) is 1.74. The minimum Gasteiger partial charge on any atom is -0.341 e. The van der Waals surface area contributed by atoms with E-state index in [2.05, 4.69) is 25.5 Å². The SMILES string of the molecule is CNCC1CCN(c2nccc(/C=C3\SC(=O)NC3=O)n2)CC1. The Balaban J connectivity index is 1.70. The summed E-state index contributed by atoms with van der Waals surface area (Å²) in [6.07, 6.45) is 5.54. The van der Waals surface area contributed by atoms with Crippen molar-refractivity contribution < 1.29 is 9.59 Å². The van der Waals surface area contributed by atoms with Gasteiger partial charge in [-0.15, -0.1) is 0 Å². The molecule has 0 aliphatic carbocycles. The number of rotatable bonds is 4. The molecular formula is C15H19N5O2S. The zero-order valence-corrected chi connectivity index (χ0v) is 13.7. The van der Waals surface area contributed by atoms with Gasteiger partial charge in [-0.25, -0.2) is 9.97 Å². The van der Waals surface area contributed by atoms with Crippen LogP contribution >= 0.6 is 11.8 Å². The number of piperidine rings is 1. The minimum absolute atomic E-state index is 0.345. The molecule has 0 spiro atoms. The molecule has 1 aromatic heterocycles. The van der Waals surface area contributed by atoms with Crippen molar-refractivity contribution in [3.63, 3.8) is 0 Å². The second-order valence-electron chi connectivity index (χ2n) is 5.62. The second-order valence-corrected chi connectivity index (χ2v) is 6.64. The Kier molecular flexibility index (Phi) is 4.92. The molecule has 7 nitrogen and oxygen atoms in total. The van der Waals surface area contributed by atoms with Gasteiger partial charge in [0, 0.05) is 19.3 Å². The monoisotopic (exact) mass is 333 g/mol. The van der Waals surface area contributed by atoms with Crippen LogP contribution in [0, 0.1) is 5.92 Å². The average molecular weight is 333 g/mol. The van der Waals surface area contributed by atoms with Crippen LogP contribution in [0.15, 0.2) is 17.2 Å². The van der Waals surface area contributed by atoms with E-state index in [9.17, 15) is 9.59 Å². The van der Waals surface area contributed by atoms with Gasteiger partial charge in [-0.05, 0) is 56.3 Å². The Morgan fingerprint density at radius 1 is 1.43 bits per heavy atom. The quantitative estimate of drug-likeness (QED) is 0.802. The Bertz CT molecular complexity index is 641. The highest BCUT2D eigenvalue weighted by molar-refractivity contribution is 8.18. The number of carbonyl (C=O) groups excluding carboxylic acids is 2. The molecule has 2 amide bonds. The van der Waals surface area contributed by atoms with Crippen LogP contribution in [0.5, 0.6) is 0 Å². The first kappa shape index (κ1) is 15.9. The fraction of sp³-hybridized carbons (Fsp3) is 0.467. The van der Waals surface area contributed by atoms with E-state index < -0.39 is 0 Å². The molecule has 1 aromatic rings. The first-order chi connectivity index (χ1) is 11.2. The van der Waals surface area contributed by atoms with Crippen LogP contribution in [0.2, 0.25) is 0 Å². The lowest BCUT2D eigenvalue weighted by Crippen LogP contribution is -2.37. The third-order valence-corrected chi connectivity index (χ3v) is 4.79. The molecule has 122 valence electrons. The second kappa shape index (κ2) is 7.10. The highest BCUT2D eigenvalue weighted by atomic mass is 32.2. The standard InChI is InChI=1S/C15H19N5O2S/c1-16-9-10-3-6-20(7-4-10)14-17-5-2-11(18-14)8-12-13(21)19-15(22)23-12/h2,5,8,10,16H,3-4,6-7,9H2,1H3,(H,19,21,22)/b12-8-. The third-order valence-electron chi connectivity index (χ3n) is 3.98. The zero-order chi connectivity index (χ0) is 16.2. The van der Waals surface area contributed by atoms with Crippen molar-refractivity contribution in [2.75, 3.05) is 31.6 Å². The van der Waals surface area contributed by atoms with Crippen molar-refractivity contribution in [2.45, 2.75) is 12.8 Å². The summed E-state index contributed by atoms with van der Waals surface area (Å²) >= 11 is 0.896. The van der Waals surface area contributed by atoms with Gasteiger partial charge in [-0.1, -0.05) is 0 Å². The van der Waals surface area contributed by atoms with Crippen LogP contribution in [0.25, 0.3) is 6.08 Å². The number of imide groups is 1. The van der Waals surface area contributed by atoms with E-state index in [-0.39, 0.29) is 11.1 Å². The Labute approximate surface area is 138 Å². The number of aromatic nitrogens is 2. The maximum absolute atomic E-state index is 11.6. The van der Waals surface area contributed by atoms with Crippen molar-refractivity contribution >= 4 is 34.9 Å². The molecule has 2 aliphatic heterocycles. The lowest BCUT2D eigenvalue weighted by atomic mass is 9.97. The number of anilines is 1. The van der Waals surface area contributed by atoms with E-state index in [1.165, 1.54) is 0 Å². The van der Waals surface area contributed by atoms with Crippen molar-refractivity contribution in [2.24, 2.45) is 5.92 Å². The molecule has 0 saturated carbocycles. The van der Waals surface area contributed by atoms with E-state index in [1.54, 1.807) is 18.3 Å². The number of carbonyl (C=O) groups is 2. The lowest BCUT2D eigenvalue weighted by Gasteiger charge is -2.31. The fourth-order valence-electron chi connectivity index (χ4n) is 2.78. The summed E-state index contributed by atoms with van der Waals surface area (Å²) < 4.78 is 0. The van der Waals surface area contributed by atoms with Crippen molar-refractivity contribution in [1.29, 1.82) is 0 Å². The number of hydrogen-bond acceptors (Lipinski definition) is 7. The van der Waals surface area contributed by atoms with Crippen LogP contribution in [0.4, 0.5) is 10.7 Å². The Morgan fingerprint density at radius 2 is 2.22 bits per heavy atom. The summed E-state index contributed by atoms with van der Waals surface area (Å²) in [5, 5.41) is 5.12. The van der Waals surface area contributed by atoms with Gasteiger partial charge >= 0.3 is 0 Å². The third kappa shape index (κ3) is 3.89. The number of amides is 2. The zero-order valence-electron chi connectivity index (χ0n) is 12.9. The van der Waals surface area contributed by atoms with Crippen LogP contribution in [-0.4, -0.2) is 47.8 Å². The topological polar surface area (TPSA) is 87.2 Å². The molecule has 0 bridgehead atoms. The lowest BCUT2D eigenvalue weighted by molar-refractivity contribution is -0.115. The molecule has 3 rings (SSSR count). The fourth-order valence-corrected chi connectivity index (χ4v) is 3.44. The molecule has 0 aromatic carbocycles. The molecule has 8 heteroatoms. The molecule has 2 N–H and O–H groups in total. The van der Waals surface area contributed by atoms with E-state index in [1.807, 2.05) is 7.05 Å². The number of nitrogens with zero attached hydrogens (tertiary/aromatic N) is 3. The maximum Gasteiger partial charge on any atom is 0.290 e. The van der Waals surface area contributed by atoms with E-state index in [0.29, 0.717) is 22.5 Å². The van der Waals surface area contributed by atoms with Gasteiger partial charge in [0.1, 0.15) is 0 Å². The number of hydrogen-bond donors (Lipinski definition) is 2. The average Bonchev–Trinajstić information content (AvgIpc) is 2.86. The predicted octanol–water partition coefficient (Wildman–Crippen LogP) is 1.24. The van der Waals surface area contributed by atoms with Crippen LogP contribution < -0.4 is 15.5 Å². The van der Waals surface area contributed by atoms with Gasteiger partial charge in [0.15, 0.2) is 0 Å². The minimum atomic E-state index is -0.368. The van der Waals surface area contributed by atoms with Gasteiger partial charge in [0.2, 0.25) is 5.95 Å². The first-order valence-corrected chi connectivity index (χ1v) is 8.45.